The van der Waals surface area contributed by atoms with Gasteiger partial charge in [-0.1, -0.05) is 0 Å². The standard InChI is InChI=1S/C8H10F3N3O2S/c1-7(2,5(15)16)14(3)6-12-4(13-17-6)8(9,10)11/h1-3H3,(H,15,16). The van der Waals surface area contributed by atoms with E-state index in [2.05, 4.69) is 9.36 Å². The molecule has 9 heteroatoms. The molecule has 0 aliphatic heterocycles. The maximum atomic E-state index is 12.3. The third-order valence-electron chi connectivity index (χ3n) is 2.32. The first-order valence-electron chi connectivity index (χ1n) is 4.45. The SMILES string of the molecule is CN(c1nc(C(F)(F)F)ns1)C(C)(C)C(=O)O. The number of rotatable bonds is 3. The predicted molar refractivity (Wildman–Crippen MR) is 55.0 cm³/mol. The molecule has 1 heterocycles. The molecule has 0 amide bonds. The number of alkyl halides is 3. The lowest BCUT2D eigenvalue weighted by atomic mass is 10.1. The van der Waals surface area contributed by atoms with Crippen LogP contribution in [-0.4, -0.2) is 33.0 Å². The van der Waals surface area contributed by atoms with E-state index in [0.717, 1.165) is 4.90 Å². The summed E-state index contributed by atoms with van der Waals surface area (Å²) in [5.74, 6) is -2.42. The first-order valence-corrected chi connectivity index (χ1v) is 5.22. The summed E-state index contributed by atoms with van der Waals surface area (Å²) in [4.78, 5) is 15.3. The average molecular weight is 269 g/mol. The van der Waals surface area contributed by atoms with Gasteiger partial charge >= 0.3 is 12.1 Å². The Morgan fingerprint density at radius 1 is 1.41 bits per heavy atom. The highest BCUT2D eigenvalue weighted by molar-refractivity contribution is 7.09. The third kappa shape index (κ3) is 2.65. The molecule has 0 spiro atoms. The fourth-order valence-electron chi connectivity index (χ4n) is 0.849. The zero-order chi connectivity index (χ0) is 13.4. The quantitative estimate of drug-likeness (QED) is 0.907. The summed E-state index contributed by atoms with van der Waals surface area (Å²) in [5.41, 5.74) is -1.36. The molecule has 0 unspecified atom stereocenters. The Morgan fingerprint density at radius 2 is 1.94 bits per heavy atom. The van der Waals surface area contributed by atoms with Crippen molar-refractivity contribution in [3.63, 3.8) is 0 Å². The number of hydrogen-bond donors (Lipinski definition) is 1. The van der Waals surface area contributed by atoms with E-state index in [4.69, 9.17) is 5.11 Å². The number of carboxylic acids is 1. The van der Waals surface area contributed by atoms with E-state index in [1.165, 1.54) is 20.9 Å². The van der Waals surface area contributed by atoms with Crippen LogP contribution in [0.1, 0.15) is 19.7 Å². The van der Waals surface area contributed by atoms with Crippen LogP contribution in [0.3, 0.4) is 0 Å². The highest BCUT2D eigenvalue weighted by Crippen LogP contribution is 2.31. The molecule has 1 aromatic rings. The highest BCUT2D eigenvalue weighted by Gasteiger charge is 2.39. The minimum Gasteiger partial charge on any atom is -0.480 e. The van der Waals surface area contributed by atoms with Crippen LogP contribution in [0.5, 0.6) is 0 Å². The molecule has 0 saturated carbocycles. The van der Waals surface area contributed by atoms with Crippen molar-refractivity contribution >= 4 is 22.6 Å². The van der Waals surface area contributed by atoms with Crippen LogP contribution in [0.15, 0.2) is 0 Å². The van der Waals surface area contributed by atoms with Crippen molar-refractivity contribution in [3.05, 3.63) is 5.82 Å². The predicted octanol–water partition coefficient (Wildman–Crippen LogP) is 1.86. The van der Waals surface area contributed by atoms with Crippen molar-refractivity contribution in [2.24, 2.45) is 0 Å². The second-order valence-electron chi connectivity index (χ2n) is 3.82. The Labute approximate surface area is 99.1 Å². The Morgan fingerprint density at radius 3 is 2.29 bits per heavy atom. The fraction of sp³-hybridized carbons (Fsp3) is 0.625. The van der Waals surface area contributed by atoms with Crippen molar-refractivity contribution in [1.29, 1.82) is 0 Å². The molecule has 1 aromatic heterocycles. The molecule has 0 atom stereocenters. The molecule has 0 radical (unpaired) electrons. The van der Waals surface area contributed by atoms with Crippen molar-refractivity contribution in [2.45, 2.75) is 25.6 Å². The molecular formula is C8H10F3N3O2S. The van der Waals surface area contributed by atoms with E-state index in [9.17, 15) is 18.0 Å². The van der Waals surface area contributed by atoms with Gasteiger partial charge in [-0.15, -0.1) is 0 Å². The summed E-state index contributed by atoms with van der Waals surface area (Å²) in [5, 5.41) is 8.84. The third-order valence-corrected chi connectivity index (χ3v) is 3.11. The van der Waals surface area contributed by atoms with E-state index in [-0.39, 0.29) is 5.13 Å². The van der Waals surface area contributed by atoms with Crippen molar-refractivity contribution in [3.8, 4) is 0 Å². The lowest BCUT2D eigenvalue weighted by molar-refractivity contribution is -0.144. The van der Waals surface area contributed by atoms with Crippen LogP contribution >= 0.6 is 11.5 Å². The van der Waals surface area contributed by atoms with Crippen LogP contribution in [0, 0.1) is 0 Å². The van der Waals surface area contributed by atoms with Gasteiger partial charge in [0, 0.05) is 18.6 Å². The maximum Gasteiger partial charge on any atom is 0.452 e. The summed E-state index contributed by atoms with van der Waals surface area (Å²) < 4.78 is 40.0. The van der Waals surface area contributed by atoms with Gasteiger partial charge in [0.25, 0.3) is 0 Å². The lowest BCUT2D eigenvalue weighted by Crippen LogP contribution is -2.48. The molecule has 0 bridgehead atoms. The van der Waals surface area contributed by atoms with Crippen molar-refractivity contribution < 1.29 is 23.1 Å². The van der Waals surface area contributed by atoms with Gasteiger partial charge in [-0.25, -0.2) is 4.79 Å². The minimum absolute atomic E-state index is 0.0928. The number of carbonyl (C=O) groups is 1. The van der Waals surface area contributed by atoms with Gasteiger partial charge in [-0.3, -0.25) is 0 Å². The maximum absolute atomic E-state index is 12.3. The molecule has 0 aliphatic rings. The topological polar surface area (TPSA) is 66.3 Å². The van der Waals surface area contributed by atoms with Gasteiger partial charge in [0.05, 0.1) is 0 Å². The highest BCUT2D eigenvalue weighted by atomic mass is 32.1. The lowest BCUT2D eigenvalue weighted by Gasteiger charge is -2.30. The molecule has 96 valence electrons. The van der Waals surface area contributed by atoms with Crippen LogP contribution in [0.25, 0.3) is 0 Å². The Bertz CT molecular complexity index is 430. The molecule has 0 fully saturated rings. The molecule has 0 aliphatic carbocycles. The zero-order valence-corrected chi connectivity index (χ0v) is 10.1. The number of nitrogens with zero attached hydrogens (tertiary/aromatic N) is 3. The Balaban J connectivity index is 3.03. The Kier molecular flexibility index (Phi) is 3.33. The summed E-state index contributed by atoms with van der Waals surface area (Å²) in [6.45, 7) is 2.73. The van der Waals surface area contributed by atoms with Crippen molar-refractivity contribution in [1.82, 2.24) is 9.36 Å². The second kappa shape index (κ2) is 4.13. The monoisotopic (exact) mass is 269 g/mol. The molecule has 1 rings (SSSR count). The minimum atomic E-state index is -4.62. The van der Waals surface area contributed by atoms with Gasteiger partial charge in [-0.05, 0) is 13.8 Å². The van der Waals surface area contributed by atoms with E-state index in [1.54, 1.807) is 0 Å². The first kappa shape index (κ1) is 13.7. The largest absolute Gasteiger partial charge is 0.480 e. The smallest absolute Gasteiger partial charge is 0.452 e. The van der Waals surface area contributed by atoms with E-state index >= 15 is 0 Å². The van der Waals surface area contributed by atoms with Crippen molar-refractivity contribution in [2.75, 3.05) is 11.9 Å². The van der Waals surface area contributed by atoms with Gasteiger partial charge < -0.3 is 10.0 Å². The van der Waals surface area contributed by atoms with Crippen LogP contribution in [0.4, 0.5) is 18.3 Å². The van der Waals surface area contributed by atoms with Gasteiger partial charge in [0.2, 0.25) is 11.0 Å². The number of hydrogen-bond acceptors (Lipinski definition) is 5. The van der Waals surface area contributed by atoms with E-state index in [1.807, 2.05) is 0 Å². The number of aliphatic carboxylic acids is 1. The molecule has 1 N–H and O–H groups in total. The number of aromatic nitrogens is 2. The first-order chi connectivity index (χ1) is 7.56. The number of anilines is 1. The zero-order valence-electron chi connectivity index (χ0n) is 9.24. The fourth-order valence-corrected chi connectivity index (χ4v) is 1.64. The number of halogens is 3. The normalized spacial score (nSPS) is 12.6. The molecule has 17 heavy (non-hydrogen) atoms. The number of carboxylic acid groups (broad SMARTS) is 1. The second-order valence-corrected chi connectivity index (χ2v) is 4.55. The van der Waals surface area contributed by atoms with Gasteiger partial charge in [0.1, 0.15) is 5.54 Å². The molecule has 5 nitrogen and oxygen atoms in total. The van der Waals surface area contributed by atoms with Gasteiger partial charge in [0.15, 0.2) is 0 Å². The summed E-state index contributed by atoms with van der Waals surface area (Å²) in [6, 6.07) is 0. The van der Waals surface area contributed by atoms with Gasteiger partial charge in [-0.2, -0.15) is 22.5 Å². The summed E-state index contributed by atoms with van der Waals surface area (Å²) in [7, 11) is 1.36. The molecular weight excluding hydrogens is 259 g/mol. The summed E-state index contributed by atoms with van der Waals surface area (Å²) in [6.07, 6.45) is -4.62. The van der Waals surface area contributed by atoms with Crippen LogP contribution in [-0.2, 0) is 11.0 Å². The molecule has 0 saturated heterocycles. The molecule has 0 aromatic carbocycles. The summed E-state index contributed by atoms with van der Waals surface area (Å²) >= 11 is 0.510. The van der Waals surface area contributed by atoms with E-state index in [0.29, 0.717) is 11.5 Å². The Hall–Kier alpha value is -1.38. The van der Waals surface area contributed by atoms with E-state index < -0.39 is 23.5 Å². The number of likely N-dealkylation sites (N-methyl/N-ethyl adjacent to an activating group) is 1. The van der Waals surface area contributed by atoms with Crippen LogP contribution < -0.4 is 4.90 Å². The van der Waals surface area contributed by atoms with Crippen LogP contribution in [0.2, 0.25) is 0 Å². The average Bonchev–Trinajstić information content (AvgIpc) is 2.63.